The summed E-state index contributed by atoms with van der Waals surface area (Å²) in [6.45, 7) is 0.914. The number of rotatable bonds is 12. The van der Waals surface area contributed by atoms with Crippen molar-refractivity contribution >= 4 is 17.9 Å². The molecule has 8 saturated carbocycles. The molecule has 1 unspecified atom stereocenters. The zero-order valence-electron chi connectivity index (χ0n) is 24.2. The summed E-state index contributed by atoms with van der Waals surface area (Å²) >= 11 is 0. The maximum Gasteiger partial charge on any atom is 0.376 e. The van der Waals surface area contributed by atoms with Gasteiger partial charge in [0.2, 0.25) is 0 Å². The van der Waals surface area contributed by atoms with Crippen LogP contribution >= 0.6 is 0 Å². The van der Waals surface area contributed by atoms with Gasteiger partial charge in [-0.2, -0.15) is 8.78 Å². The average Bonchev–Trinajstić information content (AvgIpc) is 2.89. The van der Waals surface area contributed by atoms with Gasteiger partial charge in [-0.15, -0.1) is 0 Å². The van der Waals surface area contributed by atoms with Gasteiger partial charge < -0.3 is 23.7 Å². The summed E-state index contributed by atoms with van der Waals surface area (Å²) in [4.78, 5) is 37.1. The lowest BCUT2D eigenvalue weighted by Gasteiger charge is -2.59. The van der Waals surface area contributed by atoms with Crippen LogP contribution in [0.15, 0.2) is 0 Å². The number of hydrogen-bond acceptors (Lipinski definition) is 8. The van der Waals surface area contributed by atoms with Gasteiger partial charge in [-0.3, -0.25) is 0 Å². The summed E-state index contributed by atoms with van der Waals surface area (Å²) in [6.07, 6.45) is 10.3. The molecule has 8 fully saturated rings. The lowest BCUT2D eigenvalue weighted by atomic mass is 9.50. The van der Waals surface area contributed by atoms with E-state index < -0.39 is 48.7 Å². The second-order valence-electron chi connectivity index (χ2n) is 14.3. The highest BCUT2D eigenvalue weighted by Crippen LogP contribution is 2.59. The molecule has 8 aliphatic rings. The van der Waals surface area contributed by atoms with Gasteiger partial charge in [0.15, 0.2) is 0 Å². The molecule has 41 heavy (non-hydrogen) atoms. The predicted octanol–water partition coefficient (Wildman–Crippen LogP) is 4.71. The number of halogens is 2. The molecule has 8 bridgehead atoms. The fourth-order valence-corrected chi connectivity index (χ4v) is 9.71. The summed E-state index contributed by atoms with van der Waals surface area (Å²) in [7, 11) is 0. The molecule has 0 radical (unpaired) electrons. The quantitative estimate of drug-likeness (QED) is 0.241. The van der Waals surface area contributed by atoms with E-state index in [0.29, 0.717) is 30.6 Å². The first-order valence-electron chi connectivity index (χ1n) is 15.6. The first kappa shape index (κ1) is 29.3. The molecule has 0 heterocycles. The smallest absolute Gasteiger partial charge is 0.376 e. The molecule has 8 aliphatic carbocycles. The fraction of sp³-hybridized carbons (Fsp3) is 0.903. The maximum atomic E-state index is 13.3. The van der Waals surface area contributed by atoms with Crippen molar-refractivity contribution in [1.29, 1.82) is 0 Å². The Bertz CT molecular complexity index is 953. The average molecular weight is 583 g/mol. The van der Waals surface area contributed by atoms with Crippen molar-refractivity contribution in [2.45, 2.75) is 102 Å². The SMILES string of the molecule is CC(F)(F)C(=O)OCC(COCC(=O)OC1C2CC3CC(C2)CC1C3)OCC(=O)OC1(C)C2CC3CC(C2)CC1C3. The highest BCUT2D eigenvalue weighted by atomic mass is 19.3. The van der Waals surface area contributed by atoms with E-state index in [1.807, 2.05) is 6.92 Å². The van der Waals surface area contributed by atoms with Gasteiger partial charge in [0, 0.05) is 6.92 Å². The third-order valence-electron chi connectivity index (χ3n) is 11.2. The van der Waals surface area contributed by atoms with Crippen molar-refractivity contribution in [3.05, 3.63) is 0 Å². The molecule has 0 aromatic carbocycles. The molecule has 0 aliphatic heterocycles. The van der Waals surface area contributed by atoms with Crippen molar-refractivity contribution < 1.29 is 46.8 Å². The molecule has 0 amide bonds. The van der Waals surface area contributed by atoms with Crippen molar-refractivity contribution in [1.82, 2.24) is 0 Å². The summed E-state index contributed by atoms with van der Waals surface area (Å²) in [6, 6.07) is 0. The number of carbonyl (C=O) groups excluding carboxylic acids is 3. The third-order valence-corrected chi connectivity index (χ3v) is 11.2. The highest BCUT2D eigenvalue weighted by molar-refractivity contribution is 5.77. The molecular formula is C31H44F2O8. The molecule has 230 valence electrons. The molecule has 0 spiro atoms. The standard InChI is InChI=1S/C31H44F2O8/c1-30(23-9-19-4-20(11-23)12-24(30)10-19)41-27(35)16-38-25(14-39-29(36)31(2,32)33)13-37-15-26(34)40-28-21-5-17-3-18(7-21)8-22(28)6-17/h17-25,28H,3-16H2,1-2H3. The molecule has 0 aromatic heterocycles. The van der Waals surface area contributed by atoms with Crippen LogP contribution in [0.25, 0.3) is 0 Å². The van der Waals surface area contributed by atoms with Crippen LogP contribution in [-0.2, 0) is 38.1 Å². The second kappa shape index (κ2) is 11.4. The number of alkyl halides is 2. The summed E-state index contributed by atoms with van der Waals surface area (Å²) in [5, 5.41) is 0. The Morgan fingerprint density at radius 2 is 1.32 bits per heavy atom. The van der Waals surface area contributed by atoms with Crippen LogP contribution in [0.4, 0.5) is 8.78 Å². The Hall–Kier alpha value is -1.81. The van der Waals surface area contributed by atoms with Crippen LogP contribution in [0.2, 0.25) is 0 Å². The Labute approximate surface area is 240 Å². The third kappa shape index (κ3) is 6.29. The van der Waals surface area contributed by atoms with E-state index in [-0.39, 0.29) is 19.3 Å². The maximum absolute atomic E-state index is 13.3. The molecule has 8 rings (SSSR count). The number of hydrogen-bond donors (Lipinski definition) is 0. The summed E-state index contributed by atoms with van der Waals surface area (Å²) in [5.41, 5.74) is -0.529. The minimum atomic E-state index is -3.67. The minimum Gasteiger partial charge on any atom is -0.460 e. The van der Waals surface area contributed by atoms with Gasteiger partial charge >= 0.3 is 23.8 Å². The van der Waals surface area contributed by atoms with E-state index in [0.717, 1.165) is 75.0 Å². The van der Waals surface area contributed by atoms with E-state index in [9.17, 15) is 23.2 Å². The van der Waals surface area contributed by atoms with Gasteiger partial charge in [0.25, 0.3) is 0 Å². The normalized spacial score (nSPS) is 40.8. The van der Waals surface area contributed by atoms with Crippen LogP contribution in [0.5, 0.6) is 0 Å². The zero-order chi connectivity index (χ0) is 28.9. The second-order valence-corrected chi connectivity index (χ2v) is 14.3. The van der Waals surface area contributed by atoms with Gasteiger partial charge in [-0.05, 0) is 118 Å². The van der Waals surface area contributed by atoms with E-state index >= 15 is 0 Å². The Morgan fingerprint density at radius 1 is 0.780 bits per heavy atom. The summed E-state index contributed by atoms with van der Waals surface area (Å²) in [5.74, 6) is -1.89. The van der Waals surface area contributed by atoms with Gasteiger partial charge in [-0.25, -0.2) is 14.4 Å². The number of carbonyl (C=O) groups is 3. The highest BCUT2D eigenvalue weighted by Gasteiger charge is 2.57. The van der Waals surface area contributed by atoms with Crippen LogP contribution < -0.4 is 0 Å². The van der Waals surface area contributed by atoms with E-state index in [1.165, 1.54) is 12.8 Å². The van der Waals surface area contributed by atoms with E-state index in [4.69, 9.17) is 23.7 Å². The van der Waals surface area contributed by atoms with Crippen molar-refractivity contribution in [2.75, 3.05) is 26.4 Å². The van der Waals surface area contributed by atoms with E-state index in [1.54, 1.807) is 0 Å². The fourth-order valence-electron chi connectivity index (χ4n) is 9.71. The topological polar surface area (TPSA) is 97.4 Å². The Morgan fingerprint density at radius 3 is 1.85 bits per heavy atom. The van der Waals surface area contributed by atoms with Crippen LogP contribution in [0, 0.1) is 47.3 Å². The first-order chi connectivity index (χ1) is 19.5. The van der Waals surface area contributed by atoms with Gasteiger partial charge in [-0.1, -0.05) is 0 Å². The first-order valence-corrected chi connectivity index (χ1v) is 15.6. The van der Waals surface area contributed by atoms with Crippen LogP contribution in [-0.4, -0.2) is 68.1 Å². The Balaban J connectivity index is 0.983. The van der Waals surface area contributed by atoms with Gasteiger partial charge in [0.05, 0.1) is 6.61 Å². The largest absolute Gasteiger partial charge is 0.460 e. The molecule has 1 atom stereocenters. The molecular weight excluding hydrogens is 538 g/mol. The lowest BCUT2D eigenvalue weighted by Crippen LogP contribution is -2.58. The minimum absolute atomic E-state index is 0.0694. The Kier molecular flexibility index (Phi) is 8.11. The van der Waals surface area contributed by atoms with Crippen LogP contribution in [0.1, 0.15) is 78.1 Å². The van der Waals surface area contributed by atoms with Crippen molar-refractivity contribution in [3.63, 3.8) is 0 Å². The molecule has 8 nitrogen and oxygen atoms in total. The molecule has 0 saturated heterocycles. The van der Waals surface area contributed by atoms with Crippen molar-refractivity contribution in [3.8, 4) is 0 Å². The summed E-state index contributed by atoms with van der Waals surface area (Å²) < 4.78 is 54.4. The van der Waals surface area contributed by atoms with Crippen LogP contribution in [0.3, 0.4) is 0 Å². The lowest BCUT2D eigenvalue weighted by molar-refractivity contribution is -0.209. The monoisotopic (exact) mass is 582 g/mol. The molecule has 0 aromatic rings. The predicted molar refractivity (Wildman–Crippen MR) is 141 cm³/mol. The van der Waals surface area contributed by atoms with Crippen molar-refractivity contribution in [2.24, 2.45) is 47.3 Å². The molecule has 0 N–H and O–H groups in total. The molecule has 10 heteroatoms. The number of esters is 3. The number of ether oxygens (including phenoxy) is 5. The zero-order valence-corrected chi connectivity index (χ0v) is 24.2. The van der Waals surface area contributed by atoms with Gasteiger partial charge in [0.1, 0.15) is 37.6 Å². The van der Waals surface area contributed by atoms with E-state index in [2.05, 4.69) is 0 Å².